The quantitative estimate of drug-likeness (QED) is 0.174. The third-order valence-electron chi connectivity index (χ3n) is 13.8. The average Bonchev–Trinajstić information content (AvgIpc) is 3.76. The molecule has 2 N–H and O–H groups in total. The Morgan fingerprint density at radius 1 is 0.794 bits per heavy atom. The largest absolute Gasteiger partial charge is 0.369 e. The Bertz CT molecular complexity index is 2670. The van der Waals surface area contributed by atoms with Crippen molar-refractivity contribution in [1.29, 1.82) is 0 Å². The van der Waals surface area contributed by atoms with Crippen LogP contribution in [0.2, 0.25) is 5.02 Å². The van der Waals surface area contributed by atoms with Crippen LogP contribution in [0.15, 0.2) is 54.9 Å². The fraction of sp³-hybridized carbons (Fsp3) is 0.426. The number of halogens is 2. The summed E-state index contributed by atoms with van der Waals surface area (Å²) < 4.78 is 17.8. The Balaban J connectivity index is 0.704. The lowest BCUT2D eigenvalue weighted by Gasteiger charge is -2.41. The van der Waals surface area contributed by atoms with E-state index < -0.39 is 17.8 Å². The number of benzene rings is 2. The summed E-state index contributed by atoms with van der Waals surface area (Å²) in [4.78, 5) is 68.1. The second kappa shape index (κ2) is 16.6. The number of imide groups is 1. The summed E-state index contributed by atoms with van der Waals surface area (Å²) in [5.74, 6) is 0.264. The molecule has 3 aromatic heterocycles. The highest BCUT2D eigenvalue weighted by molar-refractivity contribution is 6.34. The van der Waals surface area contributed by atoms with Crippen molar-refractivity contribution in [2.45, 2.75) is 84.0 Å². The van der Waals surface area contributed by atoms with Crippen LogP contribution in [0.3, 0.4) is 0 Å². The average molecular weight is 873 g/mol. The number of aryl methyl sites for hydroxylation is 2. The summed E-state index contributed by atoms with van der Waals surface area (Å²) in [6.45, 7) is 9.19. The predicted octanol–water partition coefficient (Wildman–Crippen LogP) is 6.17. The van der Waals surface area contributed by atoms with Gasteiger partial charge in [0, 0.05) is 121 Å². The van der Waals surface area contributed by atoms with Gasteiger partial charge < -0.3 is 24.9 Å². The molecule has 5 aromatic rings. The Hall–Kier alpha value is -5.93. The predicted molar refractivity (Wildman–Crippen MR) is 237 cm³/mol. The highest BCUT2D eigenvalue weighted by Gasteiger charge is 2.41. The molecule has 8 heterocycles. The smallest absolute Gasteiger partial charge is 0.255 e. The number of nitrogens with zero attached hydrogens (tertiary/aromatic N) is 8. The monoisotopic (exact) mass is 872 g/mol. The molecule has 10 rings (SSSR count). The van der Waals surface area contributed by atoms with Crippen LogP contribution >= 0.6 is 11.6 Å². The summed E-state index contributed by atoms with van der Waals surface area (Å²) >= 11 is 6.72. The molecule has 0 spiro atoms. The molecule has 0 saturated carbocycles. The molecule has 326 valence electrons. The van der Waals surface area contributed by atoms with E-state index >= 15 is 4.39 Å². The second-order valence-electron chi connectivity index (χ2n) is 17.8. The van der Waals surface area contributed by atoms with E-state index in [0.717, 1.165) is 104 Å². The Morgan fingerprint density at radius 2 is 1.60 bits per heavy atom. The van der Waals surface area contributed by atoms with E-state index in [1.165, 1.54) is 4.90 Å². The summed E-state index contributed by atoms with van der Waals surface area (Å²) in [5, 5.41) is 13.0. The molecule has 14 nitrogen and oxygen atoms in total. The normalized spacial score (nSPS) is 20.3. The number of carbonyl (C=O) groups excluding carboxylic acids is 4. The van der Waals surface area contributed by atoms with Gasteiger partial charge in [-0.2, -0.15) is 5.10 Å². The number of likely N-dealkylation sites (tertiary alicyclic amines) is 1. The lowest BCUT2D eigenvalue weighted by Crippen LogP contribution is -2.52. The summed E-state index contributed by atoms with van der Waals surface area (Å²) in [7, 11) is 0. The number of amides is 4. The van der Waals surface area contributed by atoms with Crippen molar-refractivity contribution in [3.8, 4) is 11.1 Å². The van der Waals surface area contributed by atoms with Crippen LogP contribution in [-0.2, 0) is 33.9 Å². The van der Waals surface area contributed by atoms with Gasteiger partial charge in [-0.3, -0.25) is 34.2 Å². The van der Waals surface area contributed by atoms with Crippen LogP contribution in [0.5, 0.6) is 0 Å². The van der Waals surface area contributed by atoms with Crippen LogP contribution in [0.4, 0.5) is 21.7 Å². The van der Waals surface area contributed by atoms with Gasteiger partial charge in [-0.25, -0.2) is 9.37 Å². The SMILES string of the molecule is Cc1cc(C)c(-c2cc3cc(Nc4cc5n(n4)CC(=O)N(C4CCN(CC6CCN(c7ccc8c(c7F)CN(C7CCC(=O)NC7=O)C8=O)CC6)CC4)CC5)ncc3cc2Cl)cn1. The number of anilines is 3. The van der Waals surface area contributed by atoms with Crippen molar-refractivity contribution in [3.63, 3.8) is 0 Å². The van der Waals surface area contributed by atoms with Gasteiger partial charge in [-0.15, -0.1) is 0 Å². The van der Waals surface area contributed by atoms with Crippen LogP contribution < -0.4 is 15.5 Å². The molecule has 1 atom stereocenters. The maximum absolute atomic E-state index is 16.0. The number of aromatic nitrogens is 4. The zero-order valence-electron chi connectivity index (χ0n) is 35.5. The van der Waals surface area contributed by atoms with Crippen LogP contribution in [-0.4, -0.2) is 109 Å². The van der Waals surface area contributed by atoms with Crippen molar-refractivity contribution in [3.05, 3.63) is 93.8 Å². The zero-order valence-corrected chi connectivity index (χ0v) is 36.3. The molecule has 5 aliphatic heterocycles. The standard InChI is InChI=1S/C47H50ClFN10O4/c1-27-17-28(2)50-23-36(27)35-18-30-20-41(51-22-31(30)19-38(35)48)52-42-21-33-11-16-57(44(61)26-59(33)54-42)32-9-12-55(13-10-32)24-29-7-14-56(15-8-29)39-4-3-34-37(45(39)49)25-58(47(34)63)40-5-6-43(60)53-46(40)62/h3-4,17-23,29,32,40H,5-16,24-26H2,1-2H3,(H,51,52,54)(H,53,60,62). The Morgan fingerprint density at radius 3 is 2.38 bits per heavy atom. The van der Waals surface area contributed by atoms with Crippen molar-refractivity contribution in [2.24, 2.45) is 5.92 Å². The first-order valence-corrected chi connectivity index (χ1v) is 22.4. The van der Waals surface area contributed by atoms with E-state index in [9.17, 15) is 19.2 Å². The summed E-state index contributed by atoms with van der Waals surface area (Å²) in [5.41, 5.74) is 6.10. The van der Waals surface area contributed by atoms with E-state index in [-0.39, 0.29) is 55.3 Å². The molecule has 5 aliphatic rings. The van der Waals surface area contributed by atoms with E-state index in [0.29, 0.717) is 40.4 Å². The third-order valence-corrected chi connectivity index (χ3v) is 14.1. The molecule has 16 heteroatoms. The third kappa shape index (κ3) is 8.01. The minimum atomic E-state index is -0.774. The maximum atomic E-state index is 16.0. The number of hydrogen-bond acceptors (Lipinski definition) is 10. The molecule has 63 heavy (non-hydrogen) atoms. The fourth-order valence-corrected chi connectivity index (χ4v) is 10.6. The highest BCUT2D eigenvalue weighted by Crippen LogP contribution is 2.37. The first kappa shape index (κ1) is 41.1. The second-order valence-corrected chi connectivity index (χ2v) is 18.2. The molecule has 0 bridgehead atoms. The van der Waals surface area contributed by atoms with Gasteiger partial charge >= 0.3 is 0 Å². The molecule has 2 aromatic carbocycles. The van der Waals surface area contributed by atoms with Gasteiger partial charge in [0.15, 0.2) is 11.6 Å². The van der Waals surface area contributed by atoms with Crippen LogP contribution in [0.1, 0.15) is 71.4 Å². The molecule has 3 fully saturated rings. The topological polar surface area (TPSA) is 149 Å². The van der Waals surface area contributed by atoms with Crippen molar-refractivity contribution in [1.82, 2.24) is 39.8 Å². The lowest BCUT2D eigenvalue weighted by molar-refractivity contribution is -0.137. The van der Waals surface area contributed by atoms with Crippen LogP contribution in [0, 0.1) is 25.6 Å². The molecule has 0 radical (unpaired) electrons. The Kier molecular flexibility index (Phi) is 10.9. The first-order chi connectivity index (χ1) is 30.4. The highest BCUT2D eigenvalue weighted by atomic mass is 35.5. The molecular formula is C47H50ClFN10O4. The number of pyridine rings is 2. The molecular weight excluding hydrogens is 823 g/mol. The first-order valence-electron chi connectivity index (χ1n) is 22.0. The van der Waals surface area contributed by atoms with Gasteiger partial charge in [-0.1, -0.05) is 11.6 Å². The molecule has 1 unspecified atom stereocenters. The maximum Gasteiger partial charge on any atom is 0.255 e. The van der Waals surface area contributed by atoms with Crippen molar-refractivity contribution < 1.29 is 23.6 Å². The van der Waals surface area contributed by atoms with Crippen molar-refractivity contribution >= 4 is 63.3 Å². The lowest BCUT2D eigenvalue weighted by atomic mass is 9.93. The summed E-state index contributed by atoms with van der Waals surface area (Å²) in [6.07, 6.45) is 8.51. The Labute approximate surface area is 369 Å². The number of carbonyl (C=O) groups is 4. The van der Waals surface area contributed by atoms with Gasteiger partial charge in [0.25, 0.3) is 5.91 Å². The number of nitrogens with one attached hydrogen (secondary N) is 2. The van der Waals surface area contributed by atoms with Gasteiger partial charge in [0.1, 0.15) is 18.4 Å². The van der Waals surface area contributed by atoms with E-state index in [4.69, 9.17) is 16.7 Å². The van der Waals surface area contributed by atoms with Gasteiger partial charge in [0.05, 0.1) is 12.2 Å². The van der Waals surface area contributed by atoms with E-state index in [1.54, 1.807) is 18.3 Å². The molecule has 0 aliphatic carbocycles. The zero-order chi connectivity index (χ0) is 43.5. The number of rotatable bonds is 8. The number of hydrogen-bond donors (Lipinski definition) is 2. The van der Waals surface area contributed by atoms with Gasteiger partial charge in [-0.05, 0) is 99.2 Å². The summed E-state index contributed by atoms with van der Waals surface area (Å²) in [6, 6.07) is 12.9. The number of fused-ring (bicyclic) bond motifs is 3. The minimum Gasteiger partial charge on any atom is -0.369 e. The molecule has 4 amide bonds. The van der Waals surface area contributed by atoms with Crippen molar-refractivity contribution in [2.75, 3.05) is 49.5 Å². The molecule has 3 saturated heterocycles. The fourth-order valence-electron chi connectivity index (χ4n) is 10.3. The van der Waals surface area contributed by atoms with Crippen LogP contribution in [0.25, 0.3) is 21.9 Å². The van der Waals surface area contributed by atoms with Gasteiger partial charge in [0.2, 0.25) is 17.7 Å². The minimum absolute atomic E-state index is 0.0228. The van der Waals surface area contributed by atoms with E-state index in [1.807, 2.05) is 36.0 Å². The number of piperidine rings is 3. The van der Waals surface area contributed by atoms with E-state index in [2.05, 4.69) is 54.4 Å².